The van der Waals surface area contributed by atoms with Crippen molar-refractivity contribution in [3.63, 3.8) is 0 Å². The molecule has 11 heteroatoms. The summed E-state index contributed by atoms with van der Waals surface area (Å²) >= 11 is 0. The van der Waals surface area contributed by atoms with Crippen molar-refractivity contribution in [2.45, 2.75) is 174 Å². The molecule has 10 nitrogen and oxygen atoms in total. The van der Waals surface area contributed by atoms with Crippen molar-refractivity contribution in [1.82, 2.24) is 0 Å². The highest BCUT2D eigenvalue weighted by Gasteiger charge is 2.27. The van der Waals surface area contributed by atoms with Crippen LogP contribution in [0.5, 0.6) is 0 Å². The summed E-state index contributed by atoms with van der Waals surface area (Å²) in [4.78, 5) is 34.7. The van der Waals surface area contributed by atoms with E-state index in [1.165, 1.54) is 57.8 Å². The Labute approximate surface area is 291 Å². The number of phosphoric ester groups is 1. The summed E-state index contributed by atoms with van der Waals surface area (Å²) in [5.41, 5.74) is 0. The fourth-order valence-corrected chi connectivity index (χ4v) is 5.69. The Morgan fingerprint density at radius 2 is 1.08 bits per heavy atom. The van der Waals surface area contributed by atoms with Crippen molar-refractivity contribution in [3.8, 4) is 0 Å². The number of unbranched alkanes of at least 4 members (excludes halogenated alkanes) is 17. The molecular formula is C37H69O10P. The molecule has 282 valence electrons. The van der Waals surface area contributed by atoms with Gasteiger partial charge in [0.05, 0.1) is 19.8 Å². The molecule has 0 rings (SSSR count). The van der Waals surface area contributed by atoms with Crippen LogP contribution in [0.25, 0.3) is 0 Å². The first-order valence-electron chi connectivity index (χ1n) is 18.8. The minimum Gasteiger partial charge on any atom is -0.462 e. The number of hydrogen-bond donors (Lipinski definition) is 3. The van der Waals surface area contributed by atoms with Crippen LogP contribution < -0.4 is 0 Å². The van der Waals surface area contributed by atoms with E-state index in [2.05, 4.69) is 42.7 Å². The van der Waals surface area contributed by atoms with E-state index in [4.69, 9.17) is 19.1 Å². The molecule has 3 N–H and O–H groups in total. The Balaban J connectivity index is 4.40. The third-order valence-electron chi connectivity index (χ3n) is 7.86. The number of rotatable bonds is 35. The molecule has 0 aromatic heterocycles. The molecule has 3 atom stereocenters. The maximum absolute atomic E-state index is 12.5. The lowest BCUT2D eigenvalue weighted by Crippen LogP contribution is -2.29. The Morgan fingerprint density at radius 3 is 1.65 bits per heavy atom. The van der Waals surface area contributed by atoms with E-state index in [1.54, 1.807) is 0 Å². The highest BCUT2D eigenvalue weighted by molar-refractivity contribution is 7.47. The van der Waals surface area contributed by atoms with Gasteiger partial charge in [-0.2, -0.15) is 0 Å². The molecule has 0 aliphatic heterocycles. The van der Waals surface area contributed by atoms with Gasteiger partial charge in [-0.3, -0.25) is 18.6 Å². The molecule has 0 bridgehead atoms. The number of carbonyl (C=O) groups is 2. The van der Waals surface area contributed by atoms with Crippen molar-refractivity contribution >= 4 is 19.8 Å². The predicted octanol–water partition coefficient (Wildman–Crippen LogP) is 9.05. The number of carbonyl (C=O) groups excluding carboxylic acids is 2. The summed E-state index contributed by atoms with van der Waals surface area (Å²) in [6, 6.07) is 0. The molecule has 0 saturated heterocycles. The maximum Gasteiger partial charge on any atom is 0.472 e. The summed E-state index contributed by atoms with van der Waals surface area (Å²) in [6.07, 6.45) is 30.1. The Kier molecular flexibility index (Phi) is 32.8. The first kappa shape index (κ1) is 46.5. The van der Waals surface area contributed by atoms with E-state index in [0.717, 1.165) is 64.2 Å². The van der Waals surface area contributed by atoms with Crippen molar-refractivity contribution < 1.29 is 47.8 Å². The highest BCUT2D eigenvalue weighted by atomic mass is 31.2. The van der Waals surface area contributed by atoms with Crippen molar-refractivity contribution in [2.75, 3.05) is 26.4 Å². The summed E-state index contributed by atoms with van der Waals surface area (Å²) < 4.78 is 32.5. The summed E-state index contributed by atoms with van der Waals surface area (Å²) in [7, 11) is -4.61. The SMILES string of the molecule is CCCCC/C=C/C/C=C/CCCCCCCC(=O)O[C@H](COC(=O)CCCCCCCCCCCC)COP(=O)(O)OC[C@@H](O)CO. The third kappa shape index (κ3) is 33.0. The summed E-state index contributed by atoms with van der Waals surface area (Å²) in [5, 5.41) is 18.2. The second kappa shape index (κ2) is 33.9. The van der Waals surface area contributed by atoms with E-state index in [-0.39, 0.29) is 19.4 Å². The van der Waals surface area contributed by atoms with Crippen LogP contribution in [0, 0.1) is 0 Å². The highest BCUT2D eigenvalue weighted by Crippen LogP contribution is 2.43. The second-order valence-corrected chi connectivity index (χ2v) is 14.1. The molecule has 1 unspecified atom stereocenters. The van der Waals surface area contributed by atoms with Crippen molar-refractivity contribution in [2.24, 2.45) is 0 Å². The van der Waals surface area contributed by atoms with E-state index in [1.807, 2.05) is 0 Å². The van der Waals surface area contributed by atoms with Crippen LogP contribution in [-0.2, 0) is 32.7 Å². The summed E-state index contributed by atoms with van der Waals surface area (Å²) in [6.45, 7) is 2.31. The molecule has 0 aliphatic carbocycles. The minimum atomic E-state index is -4.61. The second-order valence-electron chi connectivity index (χ2n) is 12.6. The molecule has 48 heavy (non-hydrogen) atoms. The van der Waals surface area contributed by atoms with Gasteiger partial charge in [-0.25, -0.2) is 4.57 Å². The van der Waals surface area contributed by atoms with Gasteiger partial charge in [0.2, 0.25) is 0 Å². The van der Waals surface area contributed by atoms with Crippen molar-refractivity contribution in [3.05, 3.63) is 24.3 Å². The number of esters is 2. The topological polar surface area (TPSA) is 149 Å². The molecular weight excluding hydrogens is 635 g/mol. The van der Waals surface area contributed by atoms with Crippen LogP contribution in [0.3, 0.4) is 0 Å². The molecule has 0 fully saturated rings. The van der Waals surface area contributed by atoms with Gasteiger partial charge >= 0.3 is 19.8 Å². The number of ether oxygens (including phenoxy) is 2. The van der Waals surface area contributed by atoms with Gasteiger partial charge in [-0.05, 0) is 44.9 Å². The molecule has 0 heterocycles. The normalized spacial score (nSPS) is 14.4. The van der Waals surface area contributed by atoms with E-state index in [0.29, 0.717) is 12.8 Å². The van der Waals surface area contributed by atoms with Gasteiger partial charge in [0, 0.05) is 12.8 Å². The average molecular weight is 705 g/mol. The molecule has 0 aromatic rings. The molecule has 0 radical (unpaired) electrons. The standard InChI is InChI=1S/C37H69O10P/c1-3-5-7-9-11-13-15-16-17-18-19-21-23-25-27-29-37(41)47-35(33-46-48(42,43)45-31-34(39)30-38)32-44-36(40)28-26-24-22-20-14-12-10-8-6-4-2/h11,13,16-17,34-35,38-39H,3-10,12,14-15,18-33H2,1-2H3,(H,42,43)/b13-11+,17-16+/t34-,35+/m0/s1. The third-order valence-corrected chi connectivity index (χ3v) is 8.81. The lowest BCUT2D eigenvalue weighted by atomic mass is 10.1. The molecule has 0 spiro atoms. The fourth-order valence-electron chi connectivity index (χ4n) is 4.90. The molecule has 0 aromatic carbocycles. The fraction of sp³-hybridized carbons (Fsp3) is 0.838. The lowest BCUT2D eigenvalue weighted by Gasteiger charge is -2.20. The maximum atomic E-state index is 12.5. The van der Waals surface area contributed by atoms with Gasteiger partial charge < -0.3 is 24.6 Å². The van der Waals surface area contributed by atoms with Crippen molar-refractivity contribution in [1.29, 1.82) is 0 Å². The molecule has 0 amide bonds. The van der Waals surface area contributed by atoms with E-state index < -0.39 is 51.8 Å². The van der Waals surface area contributed by atoms with Crippen LogP contribution in [0.1, 0.15) is 162 Å². The zero-order valence-electron chi connectivity index (χ0n) is 30.2. The van der Waals surface area contributed by atoms with Crippen LogP contribution in [0.15, 0.2) is 24.3 Å². The van der Waals surface area contributed by atoms with Crippen LogP contribution in [0.2, 0.25) is 0 Å². The number of aliphatic hydroxyl groups is 2. The number of allylic oxidation sites excluding steroid dienone is 4. The Hall–Kier alpha value is -1.55. The van der Waals surface area contributed by atoms with Gasteiger partial charge in [-0.15, -0.1) is 0 Å². The lowest BCUT2D eigenvalue weighted by molar-refractivity contribution is -0.161. The minimum absolute atomic E-state index is 0.170. The first-order valence-corrected chi connectivity index (χ1v) is 20.3. The average Bonchev–Trinajstić information content (AvgIpc) is 3.07. The van der Waals surface area contributed by atoms with Gasteiger partial charge in [0.1, 0.15) is 12.7 Å². The van der Waals surface area contributed by atoms with Crippen LogP contribution in [0.4, 0.5) is 0 Å². The molecule has 0 aliphatic rings. The zero-order chi connectivity index (χ0) is 35.6. The largest absolute Gasteiger partial charge is 0.472 e. The van der Waals surface area contributed by atoms with Gasteiger partial charge in [0.25, 0.3) is 0 Å². The monoisotopic (exact) mass is 704 g/mol. The Bertz CT molecular complexity index is 863. The van der Waals surface area contributed by atoms with Gasteiger partial charge in [-0.1, -0.05) is 128 Å². The Morgan fingerprint density at radius 1 is 0.625 bits per heavy atom. The first-order chi connectivity index (χ1) is 23.2. The van der Waals surface area contributed by atoms with Crippen LogP contribution >= 0.6 is 7.82 Å². The summed E-state index contributed by atoms with van der Waals surface area (Å²) in [5.74, 6) is -0.941. The smallest absolute Gasteiger partial charge is 0.462 e. The van der Waals surface area contributed by atoms with Crippen LogP contribution in [-0.4, -0.2) is 65.7 Å². The van der Waals surface area contributed by atoms with E-state index in [9.17, 15) is 24.2 Å². The number of hydrogen-bond acceptors (Lipinski definition) is 9. The zero-order valence-corrected chi connectivity index (χ0v) is 31.1. The number of phosphoric acid groups is 1. The van der Waals surface area contributed by atoms with E-state index >= 15 is 0 Å². The molecule has 0 saturated carbocycles. The predicted molar refractivity (Wildman–Crippen MR) is 191 cm³/mol. The number of aliphatic hydroxyl groups excluding tert-OH is 2. The van der Waals surface area contributed by atoms with Gasteiger partial charge in [0.15, 0.2) is 6.10 Å². The quantitative estimate of drug-likeness (QED) is 0.0252.